The summed E-state index contributed by atoms with van der Waals surface area (Å²) in [6.07, 6.45) is 0. The van der Waals surface area contributed by atoms with Crippen molar-refractivity contribution in [2.75, 3.05) is 18.6 Å². The predicted molar refractivity (Wildman–Crippen MR) is 64.4 cm³/mol. The molecule has 1 aromatic heterocycles. The molecule has 88 valence electrons. The number of hydrogen-bond donors (Lipinski definition) is 1. The number of ether oxygens (including phenoxy) is 1. The molecule has 0 saturated heterocycles. The molecule has 0 bridgehead atoms. The maximum atomic E-state index is 11.4. The number of esters is 1. The fraction of sp³-hybridized carbons (Fsp3) is 0.500. The zero-order chi connectivity index (χ0) is 12.1. The lowest BCUT2D eigenvalue weighted by molar-refractivity contribution is 0.0600. The van der Waals surface area contributed by atoms with Crippen molar-refractivity contribution in [3.8, 4) is 0 Å². The Hall–Kier alpha value is -1.30. The van der Waals surface area contributed by atoms with Crippen molar-refractivity contribution in [1.82, 2.24) is 9.97 Å². The molecule has 0 radical (unpaired) electrons. The van der Waals surface area contributed by atoms with Gasteiger partial charge in [-0.2, -0.15) is 11.8 Å². The van der Waals surface area contributed by atoms with Crippen LogP contribution in [0.3, 0.4) is 0 Å². The highest BCUT2D eigenvalue weighted by atomic mass is 32.2. The Balaban J connectivity index is 3.02. The Kier molecular flexibility index (Phi) is 4.54. The zero-order valence-corrected chi connectivity index (χ0v) is 10.4. The minimum atomic E-state index is -0.496. The number of methoxy groups -OCH3 is 1. The Labute approximate surface area is 98.8 Å². The lowest BCUT2D eigenvalue weighted by Gasteiger charge is -2.08. The van der Waals surface area contributed by atoms with Crippen LogP contribution in [0, 0.1) is 6.92 Å². The smallest absolute Gasteiger partial charge is 0.343 e. The number of carbonyl (C=O) groups excluding carboxylic acids is 1. The summed E-state index contributed by atoms with van der Waals surface area (Å²) in [5.74, 6) is 2.02. The standard InChI is InChI=1S/C10H15N3O2S/c1-4-16-5-7-12-6(2)8(9(11)13-7)10(14)15-3/h4-5H2,1-3H3,(H2,11,12,13). The highest BCUT2D eigenvalue weighted by molar-refractivity contribution is 7.98. The van der Waals surface area contributed by atoms with E-state index in [1.165, 1.54) is 7.11 Å². The maximum absolute atomic E-state index is 11.4. The van der Waals surface area contributed by atoms with Crippen LogP contribution >= 0.6 is 11.8 Å². The van der Waals surface area contributed by atoms with E-state index in [9.17, 15) is 4.79 Å². The molecule has 6 heteroatoms. The van der Waals surface area contributed by atoms with Gasteiger partial charge >= 0.3 is 5.97 Å². The fourth-order valence-corrected chi connectivity index (χ4v) is 1.78. The third-order valence-electron chi connectivity index (χ3n) is 1.99. The summed E-state index contributed by atoms with van der Waals surface area (Å²) in [5.41, 5.74) is 6.53. The number of rotatable bonds is 4. The summed E-state index contributed by atoms with van der Waals surface area (Å²) >= 11 is 1.70. The van der Waals surface area contributed by atoms with Gasteiger partial charge in [0.2, 0.25) is 0 Å². The number of nitrogens with zero attached hydrogens (tertiary/aromatic N) is 2. The van der Waals surface area contributed by atoms with Gasteiger partial charge in [-0.05, 0) is 12.7 Å². The van der Waals surface area contributed by atoms with Crippen molar-refractivity contribution >= 4 is 23.5 Å². The quantitative estimate of drug-likeness (QED) is 0.803. The molecule has 1 heterocycles. The molecule has 1 aromatic rings. The molecule has 16 heavy (non-hydrogen) atoms. The molecule has 0 unspecified atom stereocenters. The van der Waals surface area contributed by atoms with E-state index in [-0.39, 0.29) is 11.4 Å². The van der Waals surface area contributed by atoms with E-state index in [2.05, 4.69) is 21.6 Å². The van der Waals surface area contributed by atoms with Crippen molar-refractivity contribution in [3.63, 3.8) is 0 Å². The largest absolute Gasteiger partial charge is 0.465 e. The minimum absolute atomic E-state index is 0.186. The average Bonchev–Trinajstić information content (AvgIpc) is 2.25. The molecule has 0 spiro atoms. The highest BCUT2D eigenvalue weighted by Gasteiger charge is 2.16. The molecule has 0 aliphatic heterocycles. The van der Waals surface area contributed by atoms with Crippen LogP contribution in [0.4, 0.5) is 5.82 Å². The number of nitrogens with two attached hydrogens (primary N) is 1. The Bertz CT molecular complexity index is 373. The molecule has 0 saturated carbocycles. The van der Waals surface area contributed by atoms with Gasteiger partial charge in [-0.1, -0.05) is 6.92 Å². The molecule has 0 aliphatic carbocycles. The van der Waals surface area contributed by atoms with Gasteiger partial charge in [-0.25, -0.2) is 14.8 Å². The lowest BCUT2D eigenvalue weighted by Crippen LogP contribution is -2.13. The molecule has 0 aromatic carbocycles. The van der Waals surface area contributed by atoms with Crippen LogP contribution in [-0.4, -0.2) is 28.8 Å². The van der Waals surface area contributed by atoms with E-state index in [0.717, 1.165) is 5.75 Å². The van der Waals surface area contributed by atoms with E-state index in [0.29, 0.717) is 17.3 Å². The molecular formula is C10H15N3O2S. The summed E-state index contributed by atoms with van der Waals surface area (Å²) < 4.78 is 4.61. The van der Waals surface area contributed by atoms with Crippen LogP contribution in [0.15, 0.2) is 0 Å². The van der Waals surface area contributed by atoms with E-state index in [1.807, 2.05) is 0 Å². The van der Waals surface area contributed by atoms with Crippen molar-refractivity contribution < 1.29 is 9.53 Å². The fourth-order valence-electron chi connectivity index (χ4n) is 1.27. The van der Waals surface area contributed by atoms with Gasteiger partial charge in [0.1, 0.15) is 17.2 Å². The van der Waals surface area contributed by atoms with E-state index >= 15 is 0 Å². The Morgan fingerprint density at radius 3 is 2.69 bits per heavy atom. The molecule has 0 amide bonds. The lowest BCUT2D eigenvalue weighted by atomic mass is 10.2. The Morgan fingerprint density at radius 1 is 1.50 bits per heavy atom. The molecule has 1 rings (SSSR count). The van der Waals surface area contributed by atoms with Crippen LogP contribution < -0.4 is 5.73 Å². The number of aromatic nitrogens is 2. The number of anilines is 1. The van der Waals surface area contributed by atoms with Crippen LogP contribution in [-0.2, 0) is 10.5 Å². The third kappa shape index (κ3) is 2.85. The SMILES string of the molecule is CCSCc1nc(C)c(C(=O)OC)c(N)n1. The summed E-state index contributed by atoms with van der Waals surface area (Å²) in [4.78, 5) is 19.7. The number of carbonyl (C=O) groups is 1. The molecule has 2 N–H and O–H groups in total. The van der Waals surface area contributed by atoms with E-state index in [4.69, 9.17) is 5.73 Å². The van der Waals surface area contributed by atoms with Gasteiger partial charge in [-0.3, -0.25) is 0 Å². The van der Waals surface area contributed by atoms with Crippen LogP contribution in [0.1, 0.15) is 28.8 Å². The van der Waals surface area contributed by atoms with Crippen molar-refractivity contribution in [2.45, 2.75) is 19.6 Å². The molecule has 5 nitrogen and oxygen atoms in total. The molecule has 0 fully saturated rings. The maximum Gasteiger partial charge on any atom is 0.343 e. The second kappa shape index (κ2) is 5.69. The van der Waals surface area contributed by atoms with E-state index < -0.39 is 5.97 Å². The van der Waals surface area contributed by atoms with Crippen molar-refractivity contribution in [1.29, 1.82) is 0 Å². The summed E-state index contributed by atoms with van der Waals surface area (Å²) in [5, 5.41) is 0. The van der Waals surface area contributed by atoms with Gasteiger partial charge in [0, 0.05) is 0 Å². The summed E-state index contributed by atoms with van der Waals surface area (Å²) in [6.45, 7) is 3.79. The van der Waals surface area contributed by atoms with Crippen LogP contribution in [0.5, 0.6) is 0 Å². The van der Waals surface area contributed by atoms with Crippen molar-refractivity contribution in [3.05, 3.63) is 17.1 Å². The summed E-state index contributed by atoms with van der Waals surface area (Å²) in [7, 11) is 1.31. The summed E-state index contributed by atoms with van der Waals surface area (Å²) in [6, 6.07) is 0. The number of hydrogen-bond acceptors (Lipinski definition) is 6. The minimum Gasteiger partial charge on any atom is -0.465 e. The predicted octanol–water partition coefficient (Wildman–Crippen LogP) is 1.41. The molecule has 0 atom stereocenters. The van der Waals surface area contributed by atoms with E-state index in [1.54, 1.807) is 18.7 Å². The average molecular weight is 241 g/mol. The van der Waals surface area contributed by atoms with Crippen molar-refractivity contribution in [2.24, 2.45) is 0 Å². The monoisotopic (exact) mass is 241 g/mol. The topological polar surface area (TPSA) is 78.1 Å². The second-order valence-corrected chi connectivity index (χ2v) is 4.39. The number of thioether (sulfide) groups is 1. The zero-order valence-electron chi connectivity index (χ0n) is 9.61. The first-order chi connectivity index (χ1) is 7.60. The number of nitrogen functional groups attached to an aromatic ring is 1. The Morgan fingerprint density at radius 2 is 2.19 bits per heavy atom. The molecular weight excluding hydrogens is 226 g/mol. The van der Waals surface area contributed by atoms with Crippen LogP contribution in [0.25, 0.3) is 0 Å². The second-order valence-electron chi connectivity index (χ2n) is 3.11. The third-order valence-corrected chi connectivity index (χ3v) is 2.86. The number of aryl methyl sites for hydroxylation is 1. The highest BCUT2D eigenvalue weighted by Crippen LogP contribution is 2.16. The van der Waals surface area contributed by atoms with Crippen LogP contribution in [0.2, 0.25) is 0 Å². The normalized spacial score (nSPS) is 10.2. The van der Waals surface area contributed by atoms with Gasteiger partial charge < -0.3 is 10.5 Å². The first-order valence-electron chi connectivity index (χ1n) is 4.89. The molecule has 0 aliphatic rings. The van der Waals surface area contributed by atoms with Gasteiger partial charge in [0.05, 0.1) is 18.6 Å². The van der Waals surface area contributed by atoms with Gasteiger partial charge in [0.25, 0.3) is 0 Å². The van der Waals surface area contributed by atoms with Gasteiger partial charge in [0.15, 0.2) is 0 Å². The first-order valence-corrected chi connectivity index (χ1v) is 6.04. The van der Waals surface area contributed by atoms with Gasteiger partial charge in [-0.15, -0.1) is 0 Å². The first kappa shape index (κ1) is 12.8.